The van der Waals surface area contributed by atoms with E-state index < -0.39 is 0 Å². The molecule has 2 rings (SSSR count). The quantitative estimate of drug-likeness (QED) is 0.606. The Morgan fingerprint density at radius 2 is 1.94 bits per heavy atom. The number of esters is 1. The zero-order valence-corrected chi connectivity index (χ0v) is 10.3. The van der Waals surface area contributed by atoms with E-state index in [9.17, 15) is 9.90 Å². The molecule has 0 radical (unpaired) electrons. The van der Waals surface area contributed by atoms with Gasteiger partial charge in [0.15, 0.2) is 0 Å². The largest absolute Gasteiger partial charge is 0.459 e. The molecule has 0 amide bonds. The van der Waals surface area contributed by atoms with Crippen LogP contribution in [-0.2, 0) is 9.53 Å². The Morgan fingerprint density at radius 3 is 2.65 bits per heavy atom. The highest BCUT2D eigenvalue weighted by atomic mass is 16.5. The van der Waals surface area contributed by atoms with Crippen molar-refractivity contribution >= 4 is 5.97 Å². The fourth-order valence-corrected chi connectivity index (χ4v) is 3.64. The molecule has 2 fully saturated rings. The van der Waals surface area contributed by atoms with Gasteiger partial charge < -0.3 is 9.84 Å². The second-order valence-electron chi connectivity index (χ2n) is 5.31. The molecule has 3 nitrogen and oxygen atoms in total. The van der Waals surface area contributed by atoms with E-state index in [1.54, 1.807) is 0 Å². The third kappa shape index (κ3) is 2.71. The second-order valence-corrected chi connectivity index (χ2v) is 5.31. The minimum absolute atomic E-state index is 0.0496. The first-order valence-corrected chi connectivity index (χ1v) is 6.70. The predicted molar refractivity (Wildman–Crippen MR) is 65.3 cm³/mol. The molecule has 4 unspecified atom stereocenters. The number of hydrogen-bond donors (Lipinski definition) is 1. The molecule has 0 aliphatic heterocycles. The number of carbonyl (C=O) groups excluding carboxylic acids is 1. The highest BCUT2D eigenvalue weighted by molar-refractivity contribution is 5.81. The van der Waals surface area contributed by atoms with E-state index in [2.05, 4.69) is 6.58 Å². The van der Waals surface area contributed by atoms with E-state index in [1.807, 2.05) is 0 Å². The van der Waals surface area contributed by atoms with Crippen molar-refractivity contribution in [1.29, 1.82) is 0 Å². The molecule has 1 N–H and O–H groups in total. The normalized spacial score (nSPS) is 37.0. The van der Waals surface area contributed by atoms with Gasteiger partial charge in [0.2, 0.25) is 0 Å². The van der Waals surface area contributed by atoms with Gasteiger partial charge in [-0.1, -0.05) is 13.0 Å². The van der Waals surface area contributed by atoms with Crippen LogP contribution >= 0.6 is 0 Å². The Labute approximate surface area is 103 Å². The fraction of sp³-hybridized carbons (Fsp3) is 0.786. The molecule has 2 aliphatic carbocycles. The lowest BCUT2D eigenvalue weighted by atomic mass is 9.64. The smallest absolute Gasteiger partial charge is 0.330 e. The molecule has 0 bridgehead atoms. The van der Waals surface area contributed by atoms with Gasteiger partial charge in [-0.15, -0.1) is 0 Å². The summed E-state index contributed by atoms with van der Waals surface area (Å²) < 4.78 is 5.46. The zero-order valence-electron chi connectivity index (χ0n) is 10.3. The molecule has 3 heteroatoms. The van der Waals surface area contributed by atoms with E-state index >= 15 is 0 Å². The Balaban J connectivity index is 2.03. The molecule has 4 atom stereocenters. The van der Waals surface area contributed by atoms with Crippen LogP contribution in [0, 0.1) is 17.8 Å². The summed E-state index contributed by atoms with van der Waals surface area (Å²) in [4.78, 5) is 11.3. The van der Waals surface area contributed by atoms with Crippen LogP contribution in [0.3, 0.4) is 0 Å². The number of ether oxygens (including phenoxy) is 1. The third-order valence-corrected chi connectivity index (χ3v) is 4.44. The number of aliphatic hydroxyl groups excluding tert-OH is 1. The third-order valence-electron chi connectivity index (χ3n) is 4.44. The van der Waals surface area contributed by atoms with Crippen molar-refractivity contribution in [3.05, 3.63) is 12.7 Å². The van der Waals surface area contributed by atoms with Crippen LogP contribution in [0.5, 0.6) is 0 Å². The van der Waals surface area contributed by atoms with Gasteiger partial charge in [0.1, 0.15) is 6.10 Å². The zero-order chi connectivity index (χ0) is 12.3. The van der Waals surface area contributed by atoms with Crippen molar-refractivity contribution in [2.24, 2.45) is 17.8 Å². The van der Waals surface area contributed by atoms with Crippen LogP contribution in [0.1, 0.15) is 38.5 Å². The van der Waals surface area contributed by atoms with Crippen molar-refractivity contribution in [2.45, 2.75) is 44.6 Å². The summed E-state index contributed by atoms with van der Waals surface area (Å²) in [5.74, 6) is 1.12. The maximum Gasteiger partial charge on any atom is 0.330 e. The van der Waals surface area contributed by atoms with E-state index in [0.29, 0.717) is 17.8 Å². The van der Waals surface area contributed by atoms with Gasteiger partial charge in [0.05, 0.1) is 0 Å². The summed E-state index contributed by atoms with van der Waals surface area (Å²) >= 11 is 0. The van der Waals surface area contributed by atoms with Crippen LogP contribution in [0.2, 0.25) is 0 Å². The van der Waals surface area contributed by atoms with Crippen molar-refractivity contribution < 1.29 is 14.6 Å². The monoisotopic (exact) mass is 238 g/mol. The number of aliphatic hydroxyl groups is 1. The number of fused-ring (bicyclic) bond motifs is 1. The highest BCUT2D eigenvalue weighted by Crippen LogP contribution is 2.44. The van der Waals surface area contributed by atoms with Gasteiger partial charge >= 0.3 is 5.97 Å². The SMILES string of the molecule is C=CC(=O)OC1CCCC2C(CO)CCCC12. The fourth-order valence-electron chi connectivity index (χ4n) is 3.64. The van der Waals surface area contributed by atoms with Crippen LogP contribution in [-0.4, -0.2) is 23.8 Å². The van der Waals surface area contributed by atoms with Gasteiger partial charge in [0, 0.05) is 12.7 Å². The van der Waals surface area contributed by atoms with E-state index in [0.717, 1.165) is 32.1 Å². The molecular formula is C14H22O3. The van der Waals surface area contributed by atoms with Crippen LogP contribution in [0.25, 0.3) is 0 Å². The number of carbonyl (C=O) groups is 1. The minimum Gasteiger partial charge on any atom is -0.459 e. The van der Waals surface area contributed by atoms with E-state index in [1.165, 1.54) is 12.5 Å². The Hall–Kier alpha value is -0.830. The van der Waals surface area contributed by atoms with Crippen LogP contribution < -0.4 is 0 Å². The summed E-state index contributed by atoms with van der Waals surface area (Å²) in [6.07, 6.45) is 7.96. The molecule has 2 aliphatic rings. The minimum atomic E-state index is -0.304. The van der Waals surface area contributed by atoms with Crippen molar-refractivity contribution in [2.75, 3.05) is 6.61 Å². The maximum absolute atomic E-state index is 11.3. The highest BCUT2D eigenvalue weighted by Gasteiger charge is 2.41. The Kier molecular flexibility index (Phi) is 4.21. The number of hydrogen-bond acceptors (Lipinski definition) is 3. The van der Waals surface area contributed by atoms with Gasteiger partial charge in [-0.2, -0.15) is 0 Å². The number of rotatable bonds is 3. The molecule has 0 spiro atoms. The first-order chi connectivity index (χ1) is 8.26. The topological polar surface area (TPSA) is 46.5 Å². The first kappa shape index (κ1) is 12.6. The van der Waals surface area contributed by atoms with Crippen molar-refractivity contribution in [1.82, 2.24) is 0 Å². The predicted octanol–water partition coefficient (Wildman–Crippen LogP) is 2.29. The molecule has 0 saturated heterocycles. The average Bonchev–Trinajstić information content (AvgIpc) is 2.38. The van der Waals surface area contributed by atoms with Gasteiger partial charge in [-0.05, 0) is 49.9 Å². The molecular weight excluding hydrogens is 216 g/mol. The Bertz CT molecular complexity index is 287. The van der Waals surface area contributed by atoms with Gasteiger partial charge in [-0.3, -0.25) is 0 Å². The van der Waals surface area contributed by atoms with Crippen LogP contribution in [0.15, 0.2) is 12.7 Å². The molecule has 2 saturated carbocycles. The molecule has 0 aromatic carbocycles. The van der Waals surface area contributed by atoms with E-state index in [-0.39, 0.29) is 18.7 Å². The van der Waals surface area contributed by atoms with Gasteiger partial charge in [-0.25, -0.2) is 4.79 Å². The molecule has 0 aromatic heterocycles. The van der Waals surface area contributed by atoms with Crippen molar-refractivity contribution in [3.63, 3.8) is 0 Å². The van der Waals surface area contributed by atoms with Crippen molar-refractivity contribution in [3.8, 4) is 0 Å². The van der Waals surface area contributed by atoms with E-state index in [4.69, 9.17) is 4.74 Å². The summed E-state index contributed by atoms with van der Waals surface area (Å²) in [7, 11) is 0. The maximum atomic E-state index is 11.3. The summed E-state index contributed by atoms with van der Waals surface area (Å²) in [6.45, 7) is 3.73. The molecule has 96 valence electrons. The summed E-state index contributed by atoms with van der Waals surface area (Å²) in [5, 5.41) is 9.42. The molecule has 17 heavy (non-hydrogen) atoms. The lowest BCUT2D eigenvalue weighted by molar-refractivity contribution is -0.152. The summed E-state index contributed by atoms with van der Waals surface area (Å²) in [5.41, 5.74) is 0. The lowest BCUT2D eigenvalue weighted by Crippen LogP contribution is -2.42. The van der Waals surface area contributed by atoms with Crippen LogP contribution in [0.4, 0.5) is 0 Å². The average molecular weight is 238 g/mol. The Morgan fingerprint density at radius 1 is 1.24 bits per heavy atom. The second kappa shape index (κ2) is 5.67. The summed E-state index contributed by atoms with van der Waals surface area (Å²) in [6, 6.07) is 0. The molecule has 0 heterocycles. The standard InChI is InChI=1S/C14H22O3/c1-2-14(16)17-13-8-4-6-11-10(9-15)5-3-7-12(11)13/h2,10-13,15H,1,3-9H2. The lowest BCUT2D eigenvalue weighted by Gasteiger charge is -2.44. The van der Waals surface area contributed by atoms with Gasteiger partial charge in [0.25, 0.3) is 0 Å². The molecule has 0 aromatic rings. The first-order valence-electron chi connectivity index (χ1n) is 6.70.